The molecule has 3 N–H and O–H groups in total. The van der Waals surface area contributed by atoms with Crippen LogP contribution in [0.25, 0.3) is 0 Å². The van der Waals surface area contributed by atoms with Crippen LogP contribution in [0.5, 0.6) is 0 Å². The average molecular weight is 271 g/mol. The third-order valence-corrected chi connectivity index (χ3v) is 3.81. The van der Waals surface area contributed by atoms with Crippen molar-refractivity contribution in [3.05, 3.63) is 5.01 Å². The van der Waals surface area contributed by atoms with Gasteiger partial charge in [-0.25, -0.2) is 5.84 Å². The number of ether oxygens (including phenoxy) is 1. The maximum Gasteiger partial charge on any atom is 0.219 e. The van der Waals surface area contributed by atoms with Crippen molar-refractivity contribution in [1.82, 2.24) is 15.1 Å². The summed E-state index contributed by atoms with van der Waals surface area (Å²) >= 11 is 1.50. The molecule has 1 aromatic heterocycles. The van der Waals surface area contributed by atoms with E-state index in [4.69, 9.17) is 10.6 Å². The molecule has 0 saturated carbocycles. The van der Waals surface area contributed by atoms with Crippen LogP contribution in [0.4, 0.5) is 5.13 Å². The topological polar surface area (TPSA) is 76.3 Å². The molecule has 1 atom stereocenters. The van der Waals surface area contributed by atoms with Crippen molar-refractivity contribution in [2.75, 3.05) is 25.1 Å². The van der Waals surface area contributed by atoms with Crippen LogP contribution in [0, 0.1) is 0 Å². The minimum atomic E-state index is 0.374. The van der Waals surface area contributed by atoms with E-state index in [1.54, 1.807) is 0 Å². The molecule has 0 aliphatic carbocycles. The number of hydrogen-bond donors (Lipinski definition) is 2. The monoisotopic (exact) mass is 271 g/mol. The van der Waals surface area contributed by atoms with E-state index in [0.29, 0.717) is 11.2 Å². The zero-order chi connectivity index (χ0) is 12.8. The van der Waals surface area contributed by atoms with Gasteiger partial charge >= 0.3 is 0 Å². The molecule has 102 valence electrons. The zero-order valence-corrected chi connectivity index (χ0v) is 11.6. The van der Waals surface area contributed by atoms with Gasteiger partial charge < -0.3 is 4.74 Å². The first-order chi connectivity index (χ1) is 8.81. The molecule has 0 bridgehead atoms. The Kier molecular flexibility index (Phi) is 5.30. The van der Waals surface area contributed by atoms with E-state index >= 15 is 0 Å². The number of hydrogen-bond acceptors (Lipinski definition) is 7. The van der Waals surface area contributed by atoms with Crippen LogP contribution in [0.3, 0.4) is 0 Å². The summed E-state index contributed by atoms with van der Waals surface area (Å²) in [6.45, 7) is 5.94. The average Bonchev–Trinajstić information content (AvgIpc) is 2.84. The predicted octanol–water partition coefficient (Wildman–Crippen LogP) is 1.21. The first kappa shape index (κ1) is 13.7. The maximum atomic E-state index is 5.82. The molecule has 2 rings (SSSR count). The Morgan fingerprint density at radius 3 is 3.17 bits per heavy atom. The van der Waals surface area contributed by atoms with Crippen LogP contribution in [-0.4, -0.2) is 40.9 Å². The molecule has 0 aromatic carbocycles. The lowest BCUT2D eigenvalue weighted by Crippen LogP contribution is -2.39. The van der Waals surface area contributed by atoms with Gasteiger partial charge in [0.1, 0.15) is 5.01 Å². The zero-order valence-electron chi connectivity index (χ0n) is 10.8. The van der Waals surface area contributed by atoms with Crippen molar-refractivity contribution < 1.29 is 4.74 Å². The summed E-state index contributed by atoms with van der Waals surface area (Å²) in [5, 5.41) is 9.72. The van der Waals surface area contributed by atoms with Crippen LogP contribution in [0.1, 0.15) is 31.2 Å². The second-order valence-electron chi connectivity index (χ2n) is 4.52. The van der Waals surface area contributed by atoms with Gasteiger partial charge in [0, 0.05) is 13.2 Å². The fourth-order valence-electron chi connectivity index (χ4n) is 2.14. The van der Waals surface area contributed by atoms with Gasteiger partial charge in [0.15, 0.2) is 0 Å². The van der Waals surface area contributed by atoms with E-state index in [1.165, 1.54) is 24.2 Å². The van der Waals surface area contributed by atoms with E-state index < -0.39 is 0 Å². The fourth-order valence-corrected chi connectivity index (χ4v) is 2.84. The number of hydrazine groups is 1. The SMILES string of the molecule is CCCOC1CCCN(Cc2nnc(NN)s2)C1. The van der Waals surface area contributed by atoms with Crippen LogP contribution < -0.4 is 11.3 Å². The smallest absolute Gasteiger partial charge is 0.219 e. The lowest BCUT2D eigenvalue weighted by Gasteiger charge is -2.31. The molecule has 1 saturated heterocycles. The molecule has 1 aliphatic rings. The lowest BCUT2D eigenvalue weighted by atomic mass is 10.1. The Labute approximate surface area is 111 Å². The number of nitrogens with zero attached hydrogens (tertiary/aromatic N) is 3. The molecule has 2 heterocycles. The number of anilines is 1. The molecular weight excluding hydrogens is 250 g/mol. The highest BCUT2D eigenvalue weighted by Gasteiger charge is 2.21. The van der Waals surface area contributed by atoms with Crippen molar-refractivity contribution in [2.45, 2.75) is 38.8 Å². The molecule has 1 aliphatic heterocycles. The number of aromatic nitrogens is 2. The highest BCUT2D eigenvalue weighted by atomic mass is 32.1. The summed E-state index contributed by atoms with van der Waals surface area (Å²) in [5.74, 6) is 5.30. The predicted molar refractivity (Wildman–Crippen MR) is 72.3 cm³/mol. The van der Waals surface area contributed by atoms with Gasteiger partial charge in [-0.2, -0.15) is 0 Å². The Balaban J connectivity index is 1.81. The highest BCUT2D eigenvalue weighted by molar-refractivity contribution is 7.15. The minimum absolute atomic E-state index is 0.374. The van der Waals surface area contributed by atoms with Gasteiger partial charge in [0.05, 0.1) is 12.6 Å². The summed E-state index contributed by atoms with van der Waals surface area (Å²) in [4.78, 5) is 2.38. The van der Waals surface area contributed by atoms with Crippen LogP contribution in [-0.2, 0) is 11.3 Å². The third kappa shape index (κ3) is 3.88. The summed E-state index contributed by atoms with van der Waals surface area (Å²) < 4.78 is 5.82. The molecule has 1 aromatic rings. The minimum Gasteiger partial charge on any atom is -0.377 e. The number of nitrogen functional groups attached to an aromatic ring is 1. The number of piperidine rings is 1. The summed E-state index contributed by atoms with van der Waals surface area (Å²) in [5.41, 5.74) is 2.52. The fraction of sp³-hybridized carbons (Fsp3) is 0.818. The Hall–Kier alpha value is -0.760. The summed E-state index contributed by atoms with van der Waals surface area (Å²) in [6, 6.07) is 0. The first-order valence-electron chi connectivity index (χ1n) is 6.44. The third-order valence-electron chi connectivity index (χ3n) is 2.97. The van der Waals surface area contributed by atoms with Gasteiger partial charge in [0.25, 0.3) is 0 Å². The number of rotatable bonds is 6. The van der Waals surface area contributed by atoms with Gasteiger partial charge in [-0.1, -0.05) is 18.3 Å². The first-order valence-corrected chi connectivity index (χ1v) is 7.26. The Morgan fingerprint density at radius 2 is 2.44 bits per heavy atom. The summed E-state index contributed by atoms with van der Waals surface area (Å²) in [6.07, 6.45) is 3.81. The number of likely N-dealkylation sites (tertiary alicyclic amines) is 1. The lowest BCUT2D eigenvalue weighted by molar-refractivity contribution is -0.00228. The van der Waals surface area contributed by atoms with Crippen molar-refractivity contribution in [3.63, 3.8) is 0 Å². The van der Waals surface area contributed by atoms with E-state index in [9.17, 15) is 0 Å². The summed E-state index contributed by atoms with van der Waals surface area (Å²) in [7, 11) is 0. The highest BCUT2D eigenvalue weighted by Crippen LogP contribution is 2.19. The molecule has 7 heteroatoms. The molecule has 0 spiro atoms. The van der Waals surface area contributed by atoms with Crippen molar-refractivity contribution in [2.24, 2.45) is 5.84 Å². The van der Waals surface area contributed by atoms with E-state index in [-0.39, 0.29) is 0 Å². The Morgan fingerprint density at radius 1 is 1.56 bits per heavy atom. The van der Waals surface area contributed by atoms with Crippen molar-refractivity contribution >= 4 is 16.5 Å². The molecule has 6 nitrogen and oxygen atoms in total. The molecule has 1 unspecified atom stereocenters. The molecule has 1 fully saturated rings. The van der Waals surface area contributed by atoms with E-state index in [0.717, 1.165) is 37.7 Å². The second kappa shape index (κ2) is 6.98. The van der Waals surface area contributed by atoms with Crippen LogP contribution in [0.2, 0.25) is 0 Å². The largest absolute Gasteiger partial charge is 0.377 e. The second-order valence-corrected chi connectivity index (χ2v) is 5.58. The van der Waals surface area contributed by atoms with E-state index in [1.807, 2.05) is 0 Å². The number of nitrogens with one attached hydrogen (secondary N) is 1. The van der Waals surface area contributed by atoms with Gasteiger partial charge in [-0.3, -0.25) is 10.3 Å². The van der Waals surface area contributed by atoms with Crippen LogP contribution in [0.15, 0.2) is 0 Å². The van der Waals surface area contributed by atoms with Crippen molar-refractivity contribution in [1.29, 1.82) is 0 Å². The standard InChI is InChI=1S/C11H21N5OS/c1-2-6-17-9-4-3-5-16(7-9)8-10-14-15-11(13-12)18-10/h9H,2-8,12H2,1H3,(H,13,15). The molecule has 0 radical (unpaired) electrons. The molecular formula is C11H21N5OS. The van der Waals surface area contributed by atoms with Gasteiger partial charge in [-0.05, 0) is 25.8 Å². The van der Waals surface area contributed by atoms with Crippen molar-refractivity contribution in [3.8, 4) is 0 Å². The van der Waals surface area contributed by atoms with Gasteiger partial charge in [-0.15, -0.1) is 10.2 Å². The van der Waals surface area contributed by atoms with Gasteiger partial charge in [0.2, 0.25) is 5.13 Å². The maximum absolute atomic E-state index is 5.82. The molecule has 18 heavy (non-hydrogen) atoms. The van der Waals surface area contributed by atoms with E-state index in [2.05, 4.69) is 27.4 Å². The quantitative estimate of drug-likeness (QED) is 0.598. The molecule has 0 amide bonds. The van der Waals surface area contributed by atoms with Crippen LogP contribution >= 0.6 is 11.3 Å². The Bertz CT molecular complexity index is 359. The normalized spacial score (nSPS) is 21.1. The number of nitrogens with two attached hydrogens (primary N) is 1.